The van der Waals surface area contributed by atoms with Crippen LogP contribution in [0.3, 0.4) is 0 Å². The van der Waals surface area contributed by atoms with Crippen molar-refractivity contribution in [1.29, 1.82) is 0 Å². The summed E-state index contributed by atoms with van der Waals surface area (Å²) in [4.78, 5) is 28.4. The van der Waals surface area contributed by atoms with Crippen LogP contribution in [0.1, 0.15) is 32.0 Å². The SMILES string of the molecule is COc1cc(NC(=O)N(CCc2ccccc2)CC(=O)Nc2cc(C(C)(C)C)nn2-c2ccccc2Cl)cc(OC)c1. The first-order valence-corrected chi connectivity index (χ1v) is 13.9. The van der Waals surface area contributed by atoms with Crippen molar-refractivity contribution in [3.63, 3.8) is 0 Å². The van der Waals surface area contributed by atoms with E-state index in [0.717, 1.165) is 11.3 Å². The quantitative estimate of drug-likeness (QED) is 0.218. The molecule has 0 fully saturated rings. The Morgan fingerprint density at radius 1 is 0.905 bits per heavy atom. The molecule has 9 nitrogen and oxygen atoms in total. The minimum atomic E-state index is -0.439. The van der Waals surface area contributed by atoms with E-state index in [4.69, 9.17) is 26.2 Å². The summed E-state index contributed by atoms with van der Waals surface area (Å²) in [6.45, 7) is 6.24. The fourth-order valence-corrected chi connectivity index (χ4v) is 4.46. The van der Waals surface area contributed by atoms with E-state index in [1.54, 1.807) is 28.9 Å². The molecular weight excluding hydrogens is 554 g/mol. The number of benzene rings is 3. The average molecular weight is 590 g/mol. The zero-order chi connectivity index (χ0) is 30.3. The van der Waals surface area contributed by atoms with Gasteiger partial charge in [0.25, 0.3) is 0 Å². The van der Waals surface area contributed by atoms with Crippen LogP contribution >= 0.6 is 11.6 Å². The molecule has 4 rings (SSSR count). The third-order valence-electron chi connectivity index (χ3n) is 6.56. The number of amides is 3. The third-order valence-corrected chi connectivity index (χ3v) is 6.88. The second kappa shape index (κ2) is 13.4. The van der Waals surface area contributed by atoms with E-state index in [1.807, 2.05) is 75.4 Å². The van der Waals surface area contributed by atoms with Crippen molar-refractivity contribution in [1.82, 2.24) is 14.7 Å². The molecule has 0 radical (unpaired) electrons. The number of hydrogen-bond donors (Lipinski definition) is 2. The van der Waals surface area contributed by atoms with E-state index >= 15 is 0 Å². The molecule has 0 saturated carbocycles. The molecule has 1 aromatic heterocycles. The summed E-state index contributed by atoms with van der Waals surface area (Å²) in [5.74, 6) is 1.13. The Bertz CT molecular complexity index is 1510. The number of rotatable bonds is 10. The molecule has 0 saturated heterocycles. The Kier molecular flexibility index (Phi) is 9.75. The molecule has 3 aromatic carbocycles. The molecule has 0 aliphatic rings. The highest BCUT2D eigenvalue weighted by atomic mass is 35.5. The zero-order valence-corrected chi connectivity index (χ0v) is 25.2. The lowest BCUT2D eigenvalue weighted by atomic mass is 9.92. The number of anilines is 2. The molecule has 42 heavy (non-hydrogen) atoms. The highest BCUT2D eigenvalue weighted by molar-refractivity contribution is 6.32. The Morgan fingerprint density at radius 2 is 1.55 bits per heavy atom. The van der Waals surface area contributed by atoms with Crippen molar-refractivity contribution < 1.29 is 19.1 Å². The number of urea groups is 1. The van der Waals surface area contributed by atoms with Crippen LogP contribution in [-0.4, -0.2) is 53.9 Å². The highest BCUT2D eigenvalue weighted by Crippen LogP contribution is 2.29. The van der Waals surface area contributed by atoms with E-state index in [2.05, 4.69) is 10.6 Å². The second-order valence-corrected chi connectivity index (χ2v) is 11.2. The third kappa shape index (κ3) is 7.82. The van der Waals surface area contributed by atoms with Gasteiger partial charge in [-0.15, -0.1) is 0 Å². The van der Waals surface area contributed by atoms with Gasteiger partial charge in [-0.2, -0.15) is 5.10 Å². The first kappa shape index (κ1) is 30.5. The second-order valence-electron chi connectivity index (χ2n) is 10.8. The lowest BCUT2D eigenvalue weighted by molar-refractivity contribution is -0.116. The maximum atomic E-state index is 13.5. The maximum absolute atomic E-state index is 13.5. The standard InChI is InChI=1S/C32H36ClN5O4/c1-32(2,3)28-20-29(38(36-28)27-14-10-9-13-26(27)33)35-30(39)21-37(16-15-22-11-7-6-8-12-22)31(40)34-23-17-24(41-4)19-25(18-23)42-5/h6-14,17-20H,15-16,21H2,1-5H3,(H,34,40)(H,35,39). The number of nitrogens with one attached hydrogen (secondary N) is 2. The lowest BCUT2D eigenvalue weighted by Crippen LogP contribution is -2.42. The van der Waals surface area contributed by atoms with Crippen molar-refractivity contribution in [3.05, 3.63) is 95.1 Å². The van der Waals surface area contributed by atoms with E-state index < -0.39 is 6.03 Å². The van der Waals surface area contributed by atoms with Gasteiger partial charge in [-0.25, -0.2) is 9.48 Å². The number of aromatic nitrogens is 2. The Balaban J connectivity index is 1.58. The molecule has 220 valence electrons. The van der Waals surface area contributed by atoms with Gasteiger partial charge < -0.3 is 25.0 Å². The number of carbonyl (C=O) groups is 2. The van der Waals surface area contributed by atoms with Crippen molar-refractivity contribution in [2.24, 2.45) is 0 Å². The summed E-state index contributed by atoms with van der Waals surface area (Å²) in [6.07, 6.45) is 0.564. The van der Waals surface area contributed by atoms with Crippen molar-refractivity contribution in [3.8, 4) is 17.2 Å². The fraction of sp³-hybridized carbons (Fsp3) is 0.281. The summed E-state index contributed by atoms with van der Waals surface area (Å²) >= 11 is 6.48. The predicted octanol–water partition coefficient (Wildman–Crippen LogP) is 6.56. The summed E-state index contributed by atoms with van der Waals surface area (Å²) in [7, 11) is 3.07. The summed E-state index contributed by atoms with van der Waals surface area (Å²) < 4.78 is 12.3. The number of methoxy groups -OCH3 is 2. The van der Waals surface area contributed by atoms with Gasteiger partial charge in [-0.05, 0) is 24.1 Å². The maximum Gasteiger partial charge on any atom is 0.322 e. The van der Waals surface area contributed by atoms with E-state index in [1.165, 1.54) is 19.1 Å². The van der Waals surface area contributed by atoms with Crippen molar-refractivity contribution in [2.45, 2.75) is 32.6 Å². The number of nitrogens with zero attached hydrogens (tertiary/aromatic N) is 3. The number of para-hydroxylation sites is 1. The van der Waals surface area contributed by atoms with E-state index in [9.17, 15) is 9.59 Å². The normalized spacial score (nSPS) is 11.1. The van der Waals surface area contributed by atoms with Crippen LogP contribution in [0, 0.1) is 0 Å². The molecular formula is C32H36ClN5O4. The van der Waals surface area contributed by atoms with Crippen LogP contribution in [0.25, 0.3) is 5.69 Å². The van der Waals surface area contributed by atoms with Gasteiger partial charge in [0.1, 0.15) is 23.9 Å². The molecule has 0 unspecified atom stereocenters. The van der Waals surface area contributed by atoms with Gasteiger partial charge in [0, 0.05) is 41.9 Å². The highest BCUT2D eigenvalue weighted by Gasteiger charge is 2.24. The number of halogens is 1. The molecule has 0 atom stereocenters. The molecule has 1 heterocycles. The van der Waals surface area contributed by atoms with Crippen molar-refractivity contribution >= 4 is 35.0 Å². The van der Waals surface area contributed by atoms with Crippen LogP contribution in [-0.2, 0) is 16.6 Å². The molecule has 0 spiro atoms. The van der Waals surface area contributed by atoms with Gasteiger partial charge in [0.05, 0.1) is 30.6 Å². The summed E-state index contributed by atoms with van der Waals surface area (Å²) in [6, 6.07) is 23.6. The largest absolute Gasteiger partial charge is 0.497 e. The Morgan fingerprint density at radius 3 is 2.17 bits per heavy atom. The molecule has 10 heteroatoms. The minimum Gasteiger partial charge on any atom is -0.497 e. The van der Waals surface area contributed by atoms with Crippen LogP contribution in [0.15, 0.2) is 78.9 Å². The van der Waals surface area contributed by atoms with Gasteiger partial charge in [-0.3, -0.25) is 4.79 Å². The number of carbonyl (C=O) groups excluding carboxylic acids is 2. The average Bonchev–Trinajstić information content (AvgIpc) is 3.39. The van der Waals surface area contributed by atoms with E-state index in [0.29, 0.717) is 46.7 Å². The van der Waals surface area contributed by atoms with Crippen LogP contribution < -0.4 is 20.1 Å². The first-order chi connectivity index (χ1) is 20.1. The van der Waals surface area contributed by atoms with Gasteiger partial charge in [0.15, 0.2) is 0 Å². The smallest absolute Gasteiger partial charge is 0.322 e. The summed E-state index contributed by atoms with van der Waals surface area (Å²) in [5.41, 5.74) is 2.67. The lowest BCUT2D eigenvalue weighted by Gasteiger charge is -2.23. The molecule has 4 aromatic rings. The zero-order valence-electron chi connectivity index (χ0n) is 24.5. The monoisotopic (exact) mass is 589 g/mol. The minimum absolute atomic E-state index is 0.196. The number of hydrogen-bond acceptors (Lipinski definition) is 5. The topological polar surface area (TPSA) is 97.7 Å². The van der Waals surface area contributed by atoms with Gasteiger partial charge in [-0.1, -0.05) is 74.8 Å². The van der Waals surface area contributed by atoms with Crippen LogP contribution in [0.4, 0.5) is 16.3 Å². The predicted molar refractivity (Wildman–Crippen MR) is 166 cm³/mol. The van der Waals surface area contributed by atoms with Gasteiger partial charge >= 0.3 is 6.03 Å². The Labute approximate surface area is 251 Å². The molecule has 0 bridgehead atoms. The Hall–Kier alpha value is -4.50. The molecule has 0 aliphatic carbocycles. The van der Waals surface area contributed by atoms with Crippen molar-refractivity contribution in [2.75, 3.05) is 37.9 Å². The van der Waals surface area contributed by atoms with Crippen LogP contribution in [0.2, 0.25) is 5.02 Å². The number of ether oxygens (including phenoxy) is 2. The van der Waals surface area contributed by atoms with Gasteiger partial charge in [0.2, 0.25) is 5.91 Å². The van der Waals surface area contributed by atoms with Crippen LogP contribution in [0.5, 0.6) is 11.5 Å². The summed E-state index contributed by atoms with van der Waals surface area (Å²) in [5, 5.41) is 11.1. The fourth-order valence-electron chi connectivity index (χ4n) is 4.24. The molecule has 0 aliphatic heterocycles. The first-order valence-electron chi connectivity index (χ1n) is 13.6. The van der Waals surface area contributed by atoms with E-state index in [-0.39, 0.29) is 17.9 Å². The molecule has 3 amide bonds. The molecule has 2 N–H and O–H groups in total.